The molecule has 1 aromatic rings. The molecule has 1 amide bonds. The van der Waals surface area contributed by atoms with E-state index in [2.05, 4.69) is 28.8 Å². The van der Waals surface area contributed by atoms with Gasteiger partial charge in [-0.1, -0.05) is 17.7 Å². The van der Waals surface area contributed by atoms with E-state index in [1.165, 1.54) is 12.5 Å². The van der Waals surface area contributed by atoms with Crippen molar-refractivity contribution < 1.29 is 9.18 Å². The number of rotatable bonds is 4. The molecule has 3 aliphatic rings. The van der Waals surface area contributed by atoms with E-state index in [0.29, 0.717) is 47.3 Å². The van der Waals surface area contributed by atoms with Crippen molar-refractivity contribution in [2.24, 2.45) is 11.8 Å². The van der Waals surface area contributed by atoms with E-state index >= 15 is 0 Å². The molecule has 2 bridgehead atoms. The minimum Gasteiger partial charge on any atom is -0.335 e. The number of carbonyl (C=O) groups excluding carboxylic acids is 1. The summed E-state index contributed by atoms with van der Waals surface area (Å²) >= 11 is 5.90. The molecular weight excluding hydrogens is 365 g/mol. The first-order valence-electron chi connectivity index (χ1n) is 10.0. The predicted molar refractivity (Wildman–Crippen MR) is 105 cm³/mol. The third-order valence-corrected chi connectivity index (χ3v) is 6.77. The van der Waals surface area contributed by atoms with E-state index in [9.17, 15) is 9.18 Å². The van der Waals surface area contributed by atoms with Crippen LogP contribution in [-0.4, -0.2) is 66.4 Å². The summed E-state index contributed by atoms with van der Waals surface area (Å²) in [6.07, 6.45) is 3.99. The molecule has 3 heterocycles. The zero-order valence-electron chi connectivity index (χ0n) is 16.2. The van der Waals surface area contributed by atoms with Gasteiger partial charge in [-0.15, -0.1) is 0 Å². The Morgan fingerprint density at radius 1 is 1.26 bits per heavy atom. The molecule has 3 saturated heterocycles. The number of nitrogens with zero attached hydrogens (tertiary/aromatic N) is 3. The van der Waals surface area contributed by atoms with E-state index in [4.69, 9.17) is 11.6 Å². The van der Waals surface area contributed by atoms with E-state index in [1.807, 2.05) is 0 Å². The minimum atomic E-state index is -0.224. The fourth-order valence-corrected chi connectivity index (χ4v) is 5.66. The molecule has 0 N–H and O–H groups in total. The standard InChI is InChI=1S/C21H29ClFN3O/c1-24(2)13-20-16-8-15(19-4-3-5-21(27)26(19)20)11-25(12-16)10-14-6-7-17(22)9-18(14)23/h6-7,9,15-16,19-20H,3-5,8,10-13H2,1-2H3/t15-,16+,19+,20+/m1/s1. The fraction of sp³-hybridized carbons (Fsp3) is 0.667. The maximum absolute atomic E-state index is 14.3. The van der Waals surface area contributed by atoms with Crippen molar-refractivity contribution in [3.05, 3.63) is 34.6 Å². The lowest BCUT2D eigenvalue weighted by Gasteiger charge is -2.57. The first kappa shape index (κ1) is 19.2. The van der Waals surface area contributed by atoms with Crippen LogP contribution in [0.1, 0.15) is 31.2 Å². The van der Waals surface area contributed by atoms with Crippen LogP contribution in [0.15, 0.2) is 18.2 Å². The highest BCUT2D eigenvalue weighted by atomic mass is 35.5. The molecular formula is C21H29ClFN3O. The van der Waals surface area contributed by atoms with Gasteiger partial charge < -0.3 is 9.80 Å². The van der Waals surface area contributed by atoms with Gasteiger partial charge in [0, 0.05) is 55.3 Å². The Kier molecular flexibility index (Phi) is 5.45. The second kappa shape index (κ2) is 7.69. The van der Waals surface area contributed by atoms with Crippen molar-refractivity contribution in [2.45, 2.75) is 44.3 Å². The zero-order chi connectivity index (χ0) is 19.1. The molecule has 0 saturated carbocycles. The third kappa shape index (κ3) is 3.87. The lowest BCUT2D eigenvalue weighted by molar-refractivity contribution is -0.153. The fourth-order valence-electron chi connectivity index (χ4n) is 5.50. The van der Waals surface area contributed by atoms with Gasteiger partial charge in [0.25, 0.3) is 0 Å². The molecule has 1 aromatic carbocycles. The van der Waals surface area contributed by atoms with E-state index in [1.54, 1.807) is 12.1 Å². The van der Waals surface area contributed by atoms with Gasteiger partial charge in [0.05, 0.1) is 0 Å². The second-order valence-electron chi connectivity index (χ2n) is 8.78. The Labute approximate surface area is 166 Å². The maximum atomic E-state index is 14.3. The molecule has 0 aliphatic carbocycles. The quantitative estimate of drug-likeness (QED) is 0.785. The van der Waals surface area contributed by atoms with Crippen molar-refractivity contribution in [1.29, 1.82) is 0 Å². The summed E-state index contributed by atoms with van der Waals surface area (Å²) in [6, 6.07) is 5.59. The molecule has 6 heteroatoms. The van der Waals surface area contributed by atoms with Crippen LogP contribution >= 0.6 is 11.6 Å². The number of hydrogen-bond acceptors (Lipinski definition) is 3. The summed E-state index contributed by atoms with van der Waals surface area (Å²) in [6.45, 7) is 3.39. The average molecular weight is 394 g/mol. The van der Waals surface area contributed by atoms with Crippen molar-refractivity contribution >= 4 is 17.5 Å². The van der Waals surface area contributed by atoms with Gasteiger partial charge in [-0.2, -0.15) is 0 Å². The monoisotopic (exact) mass is 393 g/mol. The number of hydrogen-bond donors (Lipinski definition) is 0. The minimum absolute atomic E-state index is 0.224. The lowest BCUT2D eigenvalue weighted by atomic mass is 9.72. The highest BCUT2D eigenvalue weighted by Crippen LogP contribution is 2.42. The van der Waals surface area contributed by atoms with Crippen molar-refractivity contribution in [2.75, 3.05) is 33.7 Å². The Morgan fingerprint density at radius 3 is 2.78 bits per heavy atom. The first-order chi connectivity index (χ1) is 12.9. The van der Waals surface area contributed by atoms with Gasteiger partial charge in [0.15, 0.2) is 0 Å². The van der Waals surface area contributed by atoms with E-state index in [0.717, 1.165) is 32.5 Å². The maximum Gasteiger partial charge on any atom is 0.223 e. The number of carbonyl (C=O) groups is 1. The van der Waals surface area contributed by atoms with Crippen molar-refractivity contribution in [3.8, 4) is 0 Å². The van der Waals surface area contributed by atoms with Gasteiger partial charge in [0.1, 0.15) is 5.82 Å². The summed E-state index contributed by atoms with van der Waals surface area (Å²) in [5, 5.41) is 0.439. The van der Waals surface area contributed by atoms with Crippen LogP contribution in [0.5, 0.6) is 0 Å². The summed E-state index contributed by atoms with van der Waals surface area (Å²) in [5.41, 5.74) is 0.708. The normalized spacial score (nSPS) is 31.3. The highest BCUT2D eigenvalue weighted by molar-refractivity contribution is 6.30. The Balaban J connectivity index is 1.56. The van der Waals surface area contributed by atoms with Crippen LogP contribution in [0.3, 0.4) is 0 Å². The summed E-state index contributed by atoms with van der Waals surface area (Å²) in [4.78, 5) is 19.6. The molecule has 4 nitrogen and oxygen atoms in total. The van der Waals surface area contributed by atoms with Crippen LogP contribution in [0, 0.1) is 17.7 Å². The molecule has 27 heavy (non-hydrogen) atoms. The van der Waals surface area contributed by atoms with E-state index < -0.39 is 0 Å². The van der Waals surface area contributed by atoms with Gasteiger partial charge >= 0.3 is 0 Å². The van der Waals surface area contributed by atoms with Crippen LogP contribution < -0.4 is 0 Å². The molecule has 0 radical (unpaired) electrons. The topological polar surface area (TPSA) is 26.8 Å². The van der Waals surface area contributed by atoms with Crippen LogP contribution in [0.25, 0.3) is 0 Å². The van der Waals surface area contributed by atoms with Crippen LogP contribution in [0.2, 0.25) is 5.02 Å². The number of fused-ring (bicyclic) bond motifs is 4. The SMILES string of the molecule is CN(C)C[C@H]1[C@H]2C[C@H](CN(Cc3ccc(Cl)cc3F)C2)[C@@H]2CCCC(=O)N21. The summed E-state index contributed by atoms with van der Waals surface area (Å²) < 4.78 is 14.3. The third-order valence-electron chi connectivity index (χ3n) is 6.53. The Bertz CT molecular complexity index is 713. The number of piperidine rings is 3. The molecule has 4 rings (SSSR count). The molecule has 3 fully saturated rings. The predicted octanol–water partition coefficient (Wildman–Crippen LogP) is 3.24. The van der Waals surface area contributed by atoms with Crippen molar-refractivity contribution in [3.63, 3.8) is 0 Å². The molecule has 0 aromatic heterocycles. The van der Waals surface area contributed by atoms with Gasteiger partial charge in [-0.25, -0.2) is 4.39 Å². The van der Waals surface area contributed by atoms with Crippen LogP contribution in [-0.2, 0) is 11.3 Å². The molecule has 4 atom stereocenters. The smallest absolute Gasteiger partial charge is 0.223 e. The van der Waals surface area contributed by atoms with Crippen LogP contribution in [0.4, 0.5) is 4.39 Å². The second-order valence-corrected chi connectivity index (χ2v) is 9.21. The number of amides is 1. The number of benzene rings is 1. The average Bonchev–Trinajstić information content (AvgIpc) is 2.61. The van der Waals surface area contributed by atoms with Gasteiger partial charge in [-0.05, 0) is 57.3 Å². The van der Waals surface area contributed by atoms with Gasteiger partial charge in [0.2, 0.25) is 5.91 Å². The largest absolute Gasteiger partial charge is 0.335 e. The first-order valence-corrected chi connectivity index (χ1v) is 10.4. The summed E-state index contributed by atoms with van der Waals surface area (Å²) in [5.74, 6) is 1.07. The number of likely N-dealkylation sites (N-methyl/N-ethyl adjacent to an activating group) is 1. The van der Waals surface area contributed by atoms with Crippen molar-refractivity contribution in [1.82, 2.24) is 14.7 Å². The zero-order valence-corrected chi connectivity index (χ0v) is 17.0. The lowest BCUT2D eigenvalue weighted by Crippen LogP contribution is -2.66. The molecule has 0 spiro atoms. The van der Waals surface area contributed by atoms with Gasteiger partial charge in [-0.3, -0.25) is 9.69 Å². The Hall–Kier alpha value is -1.17. The molecule has 148 valence electrons. The van der Waals surface area contributed by atoms with E-state index in [-0.39, 0.29) is 11.9 Å². The highest BCUT2D eigenvalue weighted by Gasteiger charge is 2.49. The number of halogens is 2. The molecule has 3 aliphatic heterocycles. The molecule has 0 unspecified atom stereocenters. The summed E-state index contributed by atoms with van der Waals surface area (Å²) in [7, 11) is 4.17. The Morgan fingerprint density at radius 2 is 2.04 bits per heavy atom. The number of likely N-dealkylation sites (tertiary alicyclic amines) is 1.